The van der Waals surface area contributed by atoms with Crippen LogP contribution < -0.4 is 14.8 Å². The molecule has 1 aromatic carbocycles. The molecule has 2 unspecified atom stereocenters. The van der Waals surface area contributed by atoms with Crippen molar-refractivity contribution in [2.75, 3.05) is 19.8 Å². The van der Waals surface area contributed by atoms with Gasteiger partial charge in [-0.05, 0) is 24.1 Å². The number of aromatic nitrogens is 3. The van der Waals surface area contributed by atoms with Crippen LogP contribution in [0.5, 0.6) is 11.5 Å². The molecule has 0 amide bonds. The molecule has 3 heterocycles. The van der Waals surface area contributed by atoms with Gasteiger partial charge >= 0.3 is 0 Å². The Hall–Kier alpha value is -2.12. The fourth-order valence-electron chi connectivity index (χ4n) is 3.07. The van der Waals surface area contributed by atoms with Crippen LogP contribution >= 0.6 is 0 Å². The van der Waals surface area contributed by atoms with Crippen LogP contribution in [0.3, 0.4) is 0 Å². The van der Waals surface area contributed by atoms with Crippen LogP contribution in [0.15, 0.2) is 24.5 Å². The van der Waals surface area contributed by atoms with E-state index in [0.717, 1.165) is 36.5 Å². The molecule has 0 bridgehead atoms. The molecule has 7 nitrogen and oxygen atoms in total. The molecule has 7 heteroatoms. The minimum atomic E-state index is -0.581. The van der Waals surface area contributed by atoms with Crippen LogP contribution in [0.4, 0.5) is 0 Å². The highest BCUT2D eigenvalue weighted by molar-refractivity contribution is 5.44. The fourth-order valence-corrected chi connectivity index (χ4v) is 3.07. The zero-order chi connectivity index (χ0) is 15.6. The van der Waals surface area contributed by atoms with Crippen molar-refractivity contribution >= 4 is 0 Å². The van der Waals surface area contributed by atoms with E-state index in [9.17, 15) is 5.11 Å². The number of hydrogen-bond donors (Lipinski definition) is 2. The summed E-state index contributed by atoms with van der Waals surface area (Å²) in [5.41, 5.74) is 0.832. The predicted molar refractivity (Wildman–Crippen MR) is 82.5 cm³/mol. The summed E-state index contributed by atoms with van der Waals surface area (Å²) in [5, 5.41) is 18.0. The average molecular weight is 316 g/mol. The summed E-state index contributed by atoms with van der Waals surface area (Å²) in [6.07, 6.45) is 2.94. The van der Waals surface area contributed by atoms with Crippen molar-refractivity contribution in [2.45, 2.75) is 31.5 Å². The molecule has 0 aliphatic carbocycles. The minimum absolute atomic E-state index is 0.302. The van der Waals surface area contributed by atoms with Gasteiger partial charge in [0.05, 0.1) is 12.6 Å². The summed E-state index contributed by atoms with van der Waals surface area (Å²) in [4.78, 5) is 4.22. The average Bonchev–Trinajstić information content (AvgIpc) is 3.07. The van der Waals surface area contributed by atoms with E-state index in [0.29, 0.717) is 31.5 Å². The number of aryl methyl sites for hydroxylation is 1. The van der Waals surface area contributed by atoms with E-state index in [-0.39, 0.29) is 0 Å². The van der Waals surface area contributed by atoms with Gasteiger partial charge in [0.25, 0.3) is 0 Å². The molecule has 0 saturated carbocycles. The third-order valence-electron chi connectivity index (χ3n) is 4.36. The van der Waals surface area contributed by atoms with E-state index >= 15 is 0 Å². The first-order chi connectivity index (χ1) is 11.3. The Bertz CT molecular complexity index is 688. The molecule has 0 spiro atoms. The van der Waals surface area contributed by atoms with E-state index in [1.807, 2.05) is 22.9 Å². The lowest BCUT2D eigenvalue weighted by Gasteiger charge is -2.25. The van der Waals surface area contributed by atoms with Crippen LogP contribution in [0.25, 0.3) is 0 Å². The van der Waals surface area contributed by atoms with Gasteiger partial charge in [0.15, 0.2) is 11.5 Å². The highest BCUT2D eigenvalue weighted by Crippen LogP contribution is 2.32. The van der Waals surface area contributed by atoms with Gasteiger partial charge in [-0.1, -0.05) is 6.07 Å². The van der Waals surface area contributed by atoms with Gasteiger partial charge in [0.2, 0.25) is 0 Å². The summed E-state index contributed by atoms with van der Waals surface area (Å²) < 4.78 is 13.0. The number of hydrogen-bond acceptors (Lipinski definition) is 6. The van der Waals surface area contributed by atoms with E-state index < -0.39 is 6.10 Å². The van der Waals surface area contributed by atoms with Gasteiger partial charge in [0.1, 0.15) is 25.4 Å². The zero-order valence-corrected chi connectivity index (χ0v) is 12.8. The maximum Gasteiger partial charge on any atom is 0.161 e. The Kier molecular flexibility index (Phi) is 3.88. The topological polar surface area (TPSA) is 81.4 Å². The van der Waals surface area contributed by atoms with Crippen LogP contribution in [-0.4, -0.2) is 45.7 Å². The number of fused-ring (bicyclic) bond motifs is 2. The molecule has 23 heavy (non-hydrogen) atoms. The first kappa shape index (κ1) is 14.5. The zero-order valence-electron chi connectivity index (χ0n) is 12.8. The third kappa shape index (κ3) is 3.02. The van der Waals surface area contributed by atoms with Gasteiger partial charge in [-0.3, -0.25) is 0 Å². The maximum absolute atomic E-state index is 10.4. The molecule has 4 rings (SSSR count). The Labute approximate surface area is 134 Å². The summed E-state index contributed by atoms with van der Waals surface area (Å²) >= 11 is 0. The van der Waals surface area contributed by atoms with E-state index in [1.165, 1.54) is 0 Å². The van der Waals surface area contributed by atoms with Crippen LogP contribution in [0, 0.1) is 0 Å². The number of nitrogens with zero attached hydrogens (tertiary/aromatic N) is 3. The highest BCUT2D eigenvalue weighted by Gasteiger charge is 2.21. The van der Waals surface area contributed by atoms with E-state index in [1.54, 1.807) is 6.33 Å². The van der Waals surface area contributed by atoms with Crippen molar-refractivity contribution in [1.29, 1.82) is 0 Å². The molecule has 0 saturated heterocycles. The molecule has 2 aliphatic heterocycles. The maximum atomic E-state index is 10.4. The summed E-state index contributed by atoms with van der Waals surface area (Å²) in [6.45, 7) is 2.41. The summed E-state index contributed by atoms with van der Waals surface area (Å²) in [6, 6.07) is 5.90. The summed E-state index contributed by atoms with van der Waals surface area (Å²) in [7, 11) is 0. The third-order valence-corrected chi connectivity index (χ3v) is 4.36. The van der Waals surface area contributed by atoms with Crippen molar-refractivity contribution in [3.8, 4) is 11.5 Å². The molecule has 0 radical (unpaired) electrons. The predicted octanol–water partition coefficient (Wildman–Crippen LogP) is 0.687. The van der Waals surface area contributed by atoms with E-state index in [4.69, 9.17) is 9.47 Å². The van der Waals surface area contributed by atoms with Gasteiger partial charge in [-0.15, -0.1) is 0 Å². The molecule has 122 valence electrons. The molecule has 2 N–H and O–H groups in total. The fraction of sp³-hybridized carbons (Fsp3) is 0.500. The Morgan fingerprint density at radius 2 is 2.17 bits per heavy atom. The first-order valence-electron chi connectivity index (χ1n) is 7.97. The van der Waals surface area contributed by atoms with Crippen molar-refractivity contribution < 1.29 is 14.6 Å². The summed E-state index contributed by atoms with van der Waals surface area (Å²) in [5.74, 6) is 2.49. The number of aliphatic hydroxyl groups excluding tert-OH is 1. The second-order valence-corrected chi connectivity index (χ2v) is 5.92. The molecular formula is C16H20N4O3. The SMILES string of the molecule is OC(CNC1CCc2ncnn2C1)c1ccc2c(c1)OCCO2. The molecular weight excluding hydrogens is 296 g/mol. The number of nitrogens with one attached hydrogen (secondary N) is 1. The Morgan fingerprint density at radius 3 is 3.09 bits per heavy atom. The lowest BCUT2D eigenvalue weighted by molar-refractivity contribution is 0.158. The molecule has 1 aromatic heterocycles. The van der Waals surface area contributed by atoms with Gasteiger partial charge in [-0.25, -0.2) is 9.67 Å². The molecule has 2 atom stereocenters. The quantitative estimate of drug-likeness (QED) is 0.864. The Balaban J connectivity index is 1.36. The van der Waals surface area contributed by atoms with Gasteiger partial charge in [-0.2, -0.15) is 5.10 Å². The Morgan fingerprint density at radius 1 is 1.30 bits per heavy atom. The monoisotopic (exact) mass is 316 g/mol. The number of ether oxygens (including phenoxy) is 2. The lowest BCUT2D eigenvalue weighted by atomic mass is 10.1. The van der Waals surface area contributed by atoms with Gasteiger partial charge in [0, 0.05) is 19.0 Å². The second kappa shape index (κ2) is 6.17. The number of benzene rings is 1. The minimum Gasteiger partial charge on any atom is -0.486 e. The number of rotatable bonds is 4. The number of aliphatic hydroxyl groups is 1. The largest absolute Gasteiger partial charge is 0.486 e. The van der Waals surface area contributed by atoms with Crippen LogP contribution in [0.1, 0.15) is 23.9 Å². The van der Waals surface area contributed by atoms with E-state index in [2.05, 4.69) is 15.4 Å². The molecule has 2 aliphatic rings. The standard InChI is InChI=1S/C16H20N4O3/c21-13(11-1-3-14-15(7-11)23-6-5-22-14)8-17-12-2-4-16-18-10-19-20(16)9-12/h1,3,7,10,12-13,17,21H,2,4-6,8-9H2. The first-order valence-corrected chi connectivity index (χ1v) is 7.97. The molecule has 2 aromatic rings. The van der Waals surface area contributed by atoms with Crippen molar-refractivity contribution in [2.24, 2.45) is 0 Å². The molecule has 0 fully saturated rings. The van der Waals surface area contributed by atoms with Gasteiger partial charge < -0.3 is 19.9 Å². The highest BCUT2D eigenvalue weighted by atomic mass is 16.6. The van der Waals surface area contributed by atoms with Crippen LogP contribution in [0.2, 0.25) is 0 Å². The second-order valence-electron chi connectivity index (χ2n) is 5.92. The normalized spacial score (nSPS) is 20.8. The van der Waals surface area contributed by atoms with Crippen molar-refractivity contribution in [3.63, 3.8) is 0 Å². The van der Waals surface area contributed by atoms with Crippen LogP contribution in [-0.2, 0) is 13.0 Å². The van der Waals surface area contributed by atoms with Crippen molar-refractivity contribution in [1.82, 2.24) is 20.1 Å². The van der Waals surface area contributed by atoms with Crippen molar-refractivity contribution in [3.05, 3.63) is 35.9 Å². The smallest absolute Gasteiger partial charge is 0.161 e. The lowest BCUT2D eigenvalue weighted by Crippen LogP contribution is -2.39.